The van der Waals surface area contributed by atoms with Gasteiger partial charge in [0.25, 0.3) is 0 Å². The molecule has 1 aliphatic carbocycles. The van der Waals surface area contributed by atoms with Crippen LogP contribution in [-0.4, -0.2) is 6.54 Å². The number of aryl methyl sites for hydroxylation is 1. The van der Waals surface area contributed by atoms with Crippen molar-refractivity contribution in [2.45, 2.75) is 32.1 Å². The molecular formula is C12H16BrN. The number of rotatable bonds is 1. The van der Waals surface area contributed by atoms with Crippen LogP contribution in [0.5, 0.6) is 0 Å². The van der Waals surface area contributed by atoms with Crippen molar-refractivity contribution in [3.8, 4) is 0 Å². The Morgan fingerprint density at radius 2 is 2.29 bits per heavy atom. The Morgan fingerprint density at radius 1 is 1.50 bits per heavy atom. The van der Waals surface area contributed by atoms with Crippen molar-refractivity contribution >= 4 is 15.9 Å². The normalized spacial score (nSPS) is 20.6. The van der Waals surface area contributed by atoms with Gasteiger partial charge in [-0.1, -0.05) is 15.9 Å². The van der Waals surface area contributed by atoms with Crippen molar-refractivity contribution in [3.05, 3.63) is 33.3 Å². The zero-order valence-corrected chi connectivity index (χ0v) is 10.1. The second kappa shape index (κ2) is 4.03. The Balaban J connectivity index is 2.51. The lowest BCUT2D eigenvalue weighted by Gasteiger charge is -2.26. The van der Waals surface area contributed by atoms with Crippen molar-refractivity contribution in [1.29, 1.82) is 0 Å². The highest BCUT2D eigenvalue weighted by molar-refractivity contribution is 9.10. The van der Waals surface area contributed by atoms with E-state index in [9.17, 15) is 0 Å². The second-order valence-electron chi connectivity index (χ2n) is 4.12. The summed E-state index contributed by atoms with van der Waals surface area (Å²) >= 11 is 3.56. The topological polar surface area (TPSA) is 26.0 Å². The summed E-state index contributed by atoms with van der Waals surface area (Å²) in [4.78, 5) is 0. The van der Waals surface area contributed by atoms with Gasteiger partial charge in [0, 0.05) is 4.47 Å². The van der Waals surface area contributed by atoms with Crippen LogP contribution in [0.2, 0.25) is 0 Å². The molecule has 76 valence electrons. The van der Waals surface area contributed by atoms with Gasteiger partial charge in [-0.3, -0.25) is 0 Å². The molecule has 1 nitrogen and oxygen atoms in total. The van der Waals surface area contributed by atoms with Gasteiger partial charge in [-0.2, -0.15) is 0 Å². The van der Waals surface area contributed by atoms with Gasteiger partial charge in [0.2, 0.25) is 0 Å². The van der Waals surface area contributed by atoms with Crippen LogP contribution < -0.4 is 5.73 Å². The lowest BCUT2D eigenvalue weighted by molar-refractivity contribution is 0.558. The molecule has 2 N–H and O–H groups in total. The van der Waals surface area contributed by atoms with E-state index in [1.54, 1.807) is 0 Å². The highest BCUT2D eigenvalue weighted by Crippen LogP contribution is 2.34. The fourth-order valence-corrected chi connectivity index (χ4v) is 3.02. The molecule has 0 aromatic heterocycles. The second-order valence-corrected chi connectivity index (χ2v) is 5.03. The van der Waals surface area contributed by atoms with Crippen LogP contribution in [0.25, 0.3) is 0 Å². The molecule has 2 rings (SSSR count). The summed E-state index contributed by atoms with van der Waals surface area (Å²) in [5, 5.41) is 0. The first-order valence-electron chi connectivity index (χ1n) is 5.21. The van der Waals surface area contributed by atoms with Crippen molar-refractivity contribution < 1.29 is 0 Å². The maximum atomic E-state index is 5.80. The minimum Gasteiger partial charge on any atom is -0.330 e. The Bertz CT molecular complexity index is 346. The molecule has 0 heterocycles. The standard InChI is InChI=1S/C12H16BrN/c1-8-5-10(13)6-12-9(7-14)3-2-4-11(8)12/h5-6,9H,2-4,7,14H2,1H3. The van der Waals surface area contributed by atoms with Gasteiger partial charge < -0.3 is 5.73 Å². The molecule has 0 spiro atoms. The first kappa shape index (κ1) is 10.2. The molecule has 0 radical (unpaired) electrons. The van der Waals surface area contributed by atoms with E-state index in [2.05, 4.69) is 35.0 Å². The third-order valence-electron chi connectivity index (χ3n) is 3.18. The van der Waals surface area contributed by atoms with Gasteiger partial charge in [-0.25, -0.2) is 0 Å². The summed E-state index contributed by atoms with van der Waals surface area (Å²) in [6.07, 6.45) is 3.77. The van der Waals surface area contributed by atoms with Crippen molar-refractivity contribution in [1.82, 2.24) is 0 Å². The van der Waals surface area contributed by atoms with Crippen LogP contribution in [0.4, 0.5) is 0 Å². The molecule has 1 aromatic carbocycles. The van der Waals surface area contributed by atoms with E-state index in [0.717, 1.165) is 6.54 Å². The molecule has 1 aromatic rings. The van der Waals surface area contributed by atoms with Gasteiger partial charge >= 0.3 is 0 Å². The van der Waals surface area contributed by atoms with E-state index in [1.165, 1.54) is 40.4 Å². The SMILES string of the molecule is Cc1cc(Br)cc2c1CCCC2CN. The monoisotopic (exact) mass is 253 g/mol. The summed E-state index contributed by atoms with van der Waals surface area (Å²) in [5.41, 5.74) is 10.2. The Morgan fingerprint density at radius 3 is 3.00 bits per heavy atom. The summed E-state index contributed by atoms with van der Waals surface area (Å²) in [5.74, 6) is 0.579. The average Bonchev–Trinajstić information content (AvgIpc) is 2.17. The van der Waals surface area contributed by atoms with Gasteiger partial charge in [-0.05, 0) is 67.5 Å². The number of hydrogen-bond donors (Lipinski definition) is 1. The van der Waals surface area contributed by atoms with E-state index < -0.39 is 0 Å². The van der Waals surface area contributed by atoms with E-state index in [0.29, 0.717) is 5.92 Å². The summed E-state index contributed by atoms with van der Waals surface area (Å²) in [6.45, 7) is 2.98. The lowest BCUT2D eigenvalue weighted by Crippen LogP contribution is -2.18. The number of hydrogen-bond acceptors (Lipinski definition) is 1. The highest BCUT2D eigenvalue weighted by atomic mass is 79.9. The van der Waals surface area contributed by atoms with Gasteiger partial charge in [0.1, 0.15) is 0 Å². The van der Waals surface area contributed by atoms with Crippen LogP contribution in [0, 0.1) is 6.92 Å². The molecule has 14 heavy (non-hydrogen) atoms. The van der Waals surface area contributed by atoms with Crippen LogP contribution in [0.3, 0.4) is 0 Å². The predicted octanol–water partition coefficient (Wildman–Crippen LogP) is 3.14. The molecule has 0 bridgehead atoms. The Kier molecular flexibility index (Phi) is 2.93. The molecule has 0 aliphatic heterocycles. The first-order chi connectivity index (χ1) is 6.72. The van der Waals surface area contributed by atoms with Gasteiger partial charge in [0.05, 0.1) is 0 Å². The zero-order valence-electron chi connectivity index (χ0n) is 8.52. The smallest absolute Gasteiger partial charge is 0.0180 e. The maximum absolute atomic E-state index is 5.80. The predicted molar refractivity (Wildman–Crippen MR) is 63.6 cm³/mol. The number of nitrogens with two attached hydrogens (primary N) is 1. The van der Waals surface area contributed by atoms with Gasteiger partial charge in [-0.15, -0.1) is 0 Å². The number of halogens is 1. The quantitative estimate of drug-likeness (QED) is 0.818. The number of fused-ring (bicyclic) bond motifs is 1. The van der Waals surface area contributed by atoms with Crippen LogP contribution in [0.15, 0.2) is 16.6 Å². The van der Waals surface area contributed by atoms with E-state index in [-0.39, 0.29) is 0 Å². The molecule has 1 unspecified atom stereocenters. The average molecular weight is 254 g/mol. The minimum absolute atomic E-state index is 0.579. The molecule has 0 saturated heterocycles. The molecule has 1 atom stereocenters. The first-order valence-corrected chi connectivity index (χ1v) is 6.00. The maximum Gasteiger partial charge on any atom is 0.0180 e. The number of benzene rings is 1. The molecule has 0 fully saturated rings. The van der Waals surface area contributed by atoms with Gasteiger partial charge in [0.15, 0.2) is 0 Å². The summed E-state index contributed by atoms with van der Waals surface area (Å²) in [6, 6.07) is 4.46. The minimum atomic E-state index is 0.579. The Hall–Kier alpha value is -0.340. The van der Waals surface area contributed by atoms with E-state index >= 15 is 0 Å². The molecule has 2 heteroatoms. The molecule has 0 amide bonds. The molecule has 0 saturated carbocycles. The molecule has 1 aliphatic rings. The fourth-order valence-electron chi connectivity index (χ4n) is 2.43. The van der Waals surface area contributed by atoms with Crippen LogP contribution in [0.1, 0.15) is 35.4 Å². The van der Waals surface area contributed by atoms with E-state index in [4.69, 9.17) is 5.73 Å². The van der Waals surface area contributed by atoms with Crippen LogP contribution in [-0.2, 0) is 6.42 Å². The van der Waals surface area contributed by atoms with Crippen molar-refractivity contribution in [2.24, 2.45) is 5.73 Å². The van der Waals surface area contributed by atoms with E-state index in [1.807, 2.05) is 0 Å². The fraction of sp³-hybridized carbons (Fsp3) is 0.500. The highest BCUT2D eigenvalue weighted by Gasteiger charge is 2.20. The van der Waals surface area contributed by atoms with Crippen molar-refractivity contribution in [2.75, 3.05) is 6.54 Å². The third-order valence-corrected chi connectivity index (χ3v) is 3.63. The summed E-state index contributed by atoms with van der Waals surface area (Å²) in [7, 11) is 0. The summed E-state index contributed by atoms with van der Waals surface area (Å²) < 4.78 is 1.19. The van der Waals surface area contributed by atoms with Crippen LogP contribution >= 0.6 is 15.9 Å². The zero-order chi connectivity index (χ0) is 10.1. The lowest BCUT2D eigenvalue weighted by atomic mass is 9.81. The van der Waals surface area contributed by atoms with Crippen molar-refractivity contribution in [3.63, 3.8) is 0 Å². The third kappa shape index (κ3) is 1.73. The largest absolute Gasteiger partial charge is 0.330 e. The Labute approximate surface area is 93.8 Å². The molecular weight excluding hydrogens is 238 g/mol.